The zero-order valence-electron chi connectivity index (χ0n) is 16.2. The summed E-state index contributed by atoms with van der Waals surface area (Å²) >= 11 is 0. The molecular formula is C23H23NO5. The van der Waals surface area contributed by atoms with Crippen molar-refractivity contribution in [3.63, 3.8) is 0 Å². The number of carbonyl (C=O) groups excluding carboxylic acids is 1. The van der Waals surface area contributed by atoms with Gasteiger partial charge in [0.15, 0.2) is 0 Å². The molecule has 0 saturated carbocycles. The zero-order chi connectivity index (χ0) is 20.1. The molecule has 2 saturated heterocycles. The van der Waals surface area contributed by atoms with Crippen LogP contribution < -0.4 is 0 Å². The maximum absolute atomic E-state index is 13.0. The molecule has 4 unspecified atom stereocenters. The summed E-state index contributed by atoms with van der Waals surface area (Å²) in [6, 6.07) is 15.1. The van der Waals surface area contributed by atoms with E-state index in [2.05, 4.69) is 24.3 Å². The van der Waals surface area contributed by atoms with E-state index in [1.165, 1.54) is 4.90 Å². The number of carbonyl (C=O) groups is 2. The van der Waals surface area contributed by atoms with Crippen LogP contribution in [0.4, 0.5) is 4.79 Å². The van der Waals surface area contributed by atoms with Gasteiger partial charge in [0.05, 0.1) is 18.2 Å². The van der Waals surface area contributed by atoms with Gasteiger partial charge < -0.3 is 14.6 Å². The van der Waals surface area contributed by atoms with Crippen LogP contribution in [0.15, 0.2) is 48.5 Å². The van der Waals surface area contributed by atoms with Crippen molar-refractivity contribution in [2.45, 2.75) is 50.0 Å². The number of amides is 1. The Labute approximate surface area is 169 Å². The van der Waals surface area contributed by atoms with Crippen LogP contribution in [0.1, 0.15) is 36.8 Å². The fourth-order valence-corrected chi connectivity index (χ4v) is 5.16. The van der Waals surface area contributed by atoms with Gasteiger partial charge in [-0.05, 0) is 35.6 Å². The van der Waals surface area contributed by atoms with Crippen molar-refractivity contribution >= 4 is 12.1 Å². The molecule has 2 aromatic rings. The quantitative estimate of drug-likeness (QED) is 0.862. The second kappa shape index (κ2) is 6.88. The summed E-state index contributed by atoms with van der Waals surface area (Å²) in [7, 11) is 0. The van der Waals surface area contributed by atoms with Crippen molar-refractivity contribution in [1.82, 2.24) is 4.90 Å². The molecule has 0 bridgehead atoms. The van der Waals surface area contributed by atoms with Crippen molar-refractivity contribution in [3.05, 3.63) is 59.7 Å². The van der Waals surface area contributed by atoms with Crippen molar-refractivity contribution < 1.29 is 24.2 Å². The lowest BCUT2D eigenvalue weighted by Crippen LogP contribution is -2.46. The number of carboxylic acid groups (broad SMARTS) is 1. The Morgan fingerprint density at radius 1 is 1.07 bits per heavy atom. The summed E-state index contributed by atoms with van der Waals surface area (Å²) in [5.74, 6) is -1.06. The van der Waals surface area contributed by atoms with E-state index < -0.39 is 18.1 Å². The number of nitrogens with zero attached hydrogens (tertiary/aromatic N) is 1. The van der Waals surface area contributed by atoms with Gasteiger partial charge in [-0.1, -0.05) is 48.5 Å². The van der Waals surface area contributed by atoms with E-state index in [0.717, 1.165) is 22.3 Å². The Morgan fingerprint density at radius 2 is 1.69 bits per heavy atom. The number of likely N-dealkylation sites (tertiary alicyclic amines) is 1. The first kappa shape index (κ1) is 18.2. The molecule has 6 nitrogen and oxygen atoms in total. The highest BCUT2D eigenvalue weighted by Gasteiger charge is 2.52. The Hall–Kier alpha value is -2.86. The molecule has 1 amide bonds. The van der Waals surface area contributed by atoms with E-state index >= 15 is 0 Å². The molecule has 2 heterocycles. The van der Waals surface area contributed by atoms with E-state index in [4.69, 9.17) is 9.47 Å². The summed E-state index contributed by atoms with van der Waals surface area (Å²) in [6.07, 6.45) is 0.173. The molecule has 5 rings (SSSR count). The van der Waals surface area contributed by atoms with Gasteiger partial charge in [0.1, 0.15) is 12.6 Å². The monoisotopic (exact) mass is 393 g/mol. The van der Waals surface area contributed by atoms with E-state index in [-0.39, 0.29) is 30.8 Å². The lowest BCUT2D eigenvalue weighted by molar-refractivity contribution is -0.142. The molecule has 1 aliphatic carbocycles. The molecule has 4 atom stereocenters. The van der Waals surface area contributed by atoms with Gasteiger partial charge >= 0.3 is 12.1 Å². The summed E-state index contributed by atoms with van der Waals surface area (Å²) in [6.45, 7) is 2.13. The molecular weight excluding hydrogens is 370 g/mol. The fraction of sp³-hybridized carbons (Fsp3) is 0.391. The smallest absolute Gasteiger partial charge is 0.410 e. The van der Waals surface area contributed by atoms with E-state index in [1.807, 2.05) is 31.2 Å². The second-order valence-electron chi connectivity index (χ2n) is 8.09. The van der Waals surface area contributed by atoms with Gasteiger partial charge in [-0.2, -0.15) is 0 Å². The maximum atomic E-state index is 13.0. The number of ether oxygens (including phenoxy) is 2. The van der Waals surface area contributed by atoms with Crippen LogP contribution in [0.5, 0.6) is 0 Å². The van der Waals surface area contributed by atoms with Crippen LogP contribution in [0.3, 0.4) is 0 Å². The van der Waals surface area contributed by atoms with Crippen LogP contribution in [0.25, 0.3) is 11.1 Å². The number of carboxylic acids is 1. The van der Waals surface area contributed by atoms with Crippen molar-refractivity contribution in [2.24, 2.45) is 0 Å². The van der Waals surface area contributed by atoms with Crippen molar-refractivity contribution in [3.8, 4) is 11.1 Å². The molecule has 29 heavy (non-hydrogen) atoms. The fourth-order valence-electron chi connectivity index (χ4n) is 5.16. The predicted molar refractivity (Wildman–Crippen MR) is 106 cm³/mol. The third kappa shape index (κ3) is 2.90. The first-order chi connectivity index (χ1) is 14.0. The van der Waals surface area contributed by atoms with Crippen molar-refractivity contribution in [1.29, 1.82) is 0 Å². The minimum Gasteiger partial charge on any atom is -0.480 e. The van der Waals surface area contributed by atoms with Crippen LogP contribution in [-0.2, 0) is 14.3 Å². The Bertz CT molecular complexity index is 928. The molecule has 0 spiro atoms. The van der Waals surface area contributed by atoms with Crippen LogP contribution in [-0.4, -0.2) is 53.0 Å². The molecule has 2 aliphatic heterocycles. The number of hydrogen-bond acceptors (Lipinski definition) is 4. The highest BCUT2D eigenvalue weighted by atomic mass is 16.6. The van der Waals surface area contributed by atoms with E-state index in [0.29, 0.717) is 12.8 Å². The van der Waals surface area contributed by atoms with Gasteiger partial charge in [0, 0.05) is 12.3 Å². The lowest BCUT2D eigenvalue weighted by Gasteiger charge is -2.27. The first-order valence-electron chi connectivity index (χ1n) is 10.1. The predicted octanol–water partition coefficient (Wildman–Crippen LogP) is 3.64. The average Bonchev–Trinajstić information content (AvgIpc) is 3.34. The molecule has 0 aromatic heterocycles. The minimum atomic E-state index is -1.01. The molecule has 1 N–H and O–H groups in total. The number of fused-ring (bicyclic) bond motifs is 4. The Morgan fingerprint density at radius 3 is 2.31 bits per heavy atom. The normalized spacial score (nSPS) is 27.4. The molecule has 3 aliphatic rings. The molecule has 2 fully saturated rings. The van der Waals surface area contributed by atoms with Gasteiger partial charge in [-0.3, -0.25) is 4.90 Å². The Balaban J connectivity index is 1.37. The maximum Gasteiger partial charge on any atom is 0.410 e. The minimum absolute atomic E-state index is 0.0173. The number of benzene rings is 2. The first-order valence-corrected chi connectivity index (χ1v) is 10.1. The SMILES string of the molecule is CC1CC2C(CC(C(=O)O)N2C(=O)OCC2c3ccccc3-c3ccccc32)O1. The topological polar surface area (TPSA) is 76.1 Å². The van der Waals surface area contributed by atoms with Gasteiger partial charge in [-0.15, -0.1) is 0 Å². The lowest BCUT2D eigenvalue weighted by atomic mass is 9.98. The number of rotatable bonds is 3. The van der Waals surface area contributed by atoms with E-state index in [9.17, 15) is 14.7 Å². The molecule has 6 heteroatoms. The van der Waals surface area contributed by atoms with Crippen LogP contribution in [0.2, 0.25) is 0 Å². The molecule has 2 aromatic carbocycles. The number of aliphatic carboxylic acids is 1. The third-order valence-corrected chi connectivity index (χ3v) is 6.39. The third-order valence-electron chi connectivity index (χ3n) is 6.39. The van der Waals surface area contributed by atoms with Crippen LogP contribution >= 0.6 is 0 Å². The highest BCUT2D eigenvalue weighted by molar-refractivity contribution is 5.82. The summed E-state index contributed by atoms with van der Waals surface area (Å²) < 4.78 is 11.5. The van der Waals surface area contributed by atoms with Crippen molar-refractivity contribution in [2.75, 3.05) is 6.61 Å². The zero-order valence-corrected chi connectivity index (χ0v) is 16.2. The Kier molecular flexibility index (Phi) is 4.32. The van der Waals surface area contributed by atoms with Crippen LogP contribution in [0, 0.1) is 0 Å². The second-order valence-corrected chi connectivity index (χ2v) is 8.09. The van der Waals surface area contributed by atoms with E-state index in [1.54, 1.807) is 0 Å². The summed E-state index contributed by atoms with van der Waals surface area (Å²) in [5.41, 5.74) is 4.58. The molecule has 150 valence electrons. The molecule has 0 radical (unpaired) electrons. The summed E-state index contributed by atoms with van der Waals surface area (Å²) in [4.78, 5) is 26.1. The number of hydrogen-bond donors (Lipinski definition) is 1. The largest absolute Gasteiger partial charge is 0.480 e. The van der Waals surface area contributed by atoms with Gasteiger partial charge in [0.2, 0.25) is 0 Å². The average molecular weight is 393 g/mol. The van der Waals surface area contributed by atoms with Gasteiger partial charge in [0.25, 0.3) is 0 Å². The summed E-state index contributed by atoms with van der Waals surface area (Å²) in [5, 5.41) is 9.59. The van der Waals surface area contributed by atoms with Gasteiger partial charge in [-0.25, -0.2) is 9.59 Å². The standard InChI is InChI=1S/C23H23NO5/c1-13-10-19-21(29-13)11-20(22(25)26)24(19)23(27)28-12-18-16-8-4-2-6-14(16)15-7-3-5-9-17(15)18/h2-9,13,18-21H,10-12H2,1H3,(H,25,26). The highest BCUT2D eigenvalue weighted by Crippen LogP contribution is 2.45.